The molecule has 10 heteroatoms. The summed E-state index contributed by atoms with van der Waals surface area (Å²) in [4.78, 5) is 34.9. The van der Waals surface area contributed by atoms with E-state index in [2.05, 4.69) is 54.2 Å². The summed E-state index contributed by atoms with van der Waals surface area (Å²) in [7, 11) is 0. The summed E-state index contributed by atoms with van der Waals surface area (Å²) >= 11 is 0. The first-order valence-electron chi connectivity index (χ1n) is 11.9. The lowest BCUT2D eigenvalue weighted by Gasteiger charge is -2.36. The molecule has 0 aliphatic carbocycles. The highest BCUT2D eigenvalue weighted by Crippen LogP contribution is 2.28. The Hall–Kier alpha value is -4.05. The van der Waals surface area contributed by atoms with E-state index in [-0.39, 0.29) is 5.91 Å². The van der Waals surface area contributed by atoms with Crippen LogP contribution >= 0.6 is 0 Å². The van der Waals surface area contributed by atoms with Crippen LogP contribution < -0.4 is 15.5 Å². The summed E-state index contributed by atoms with van der Waals surface area (Å²) in [6.07, 6.45) is 9.05. The minimum absolute atomic E-state index is 0.0249. The third kappa shape index (κ3) is 3.95. The van der Waals surface area contributed by atoms with Gasteiger partial charge < -0.3 is 15.5 Å². The summed E-state index contributed by atoms with van der Waals surface area (Å²) in [5, 5.41) is 6.17. The molecule has 2 aliphatic heterocycles. The largest absolute Gasteiger partial charge is 0.348 e. The summed E-state index contributed by atoms with van der Waals surface area (Å²) in [5.74, 6) is 1.35. The summed E-state index contributed by atoms with van der Waals surface area (Å²) in [6, 6.07) is 6.40. The van der Waals surface area contributed by atoms with Crippen LogP contribution in [0.25, 0.3) is 16.9 Å². The number of aromatic nitrogens is 5. The van der Waals surface area contributed by atoms with Crippen LogP contribution in [-0.4, -0.2) is 67.4 Å². The van der Waals surface area contributed by atoms with Crippen molar-refractivity contribution in [3.63, 3.8) is 0 Å². The van der Waals surface area contributed by atoms with Gasteiger partial charge in [-0.15, -0.1) is 0 Å². The molecule has 2 N–H and O–H groups in total. The molecule has 1 amide bonds. The SMILES string of the molecule is CC(C)N1CCN(c2ncc(Nc3ncc(-c4ccc5c(c4)CNC5=O)n4ccnc34)cn2)CC1. The molecule has 178 valence electrons. The van der Waals surface area contributed by atoms with Crippen LogP contribution in [0.15, 0.2) is 49.2 Å². The smallest absolute Gasteiger partial charge is 0.251 e. The number of piperazine rings is 1. The van der Waals surface area contributed by atoms with E-state index >= 15 is 0 Å². The van der Waals surface area contributed by atoms with Crippen LogP contribution in [0.3, 0.4) is 0 Å². The molecule has 0 saturated carbocycles. The molecular weight excluding hydrogens is 442 g/mol. The van der Waals surface area contributed by atoms with Crippen LogP contribution in [0.4, 0.5) is 17.5 Å². The monoisotopic (exact) mass is 469 g/mol. The van der Waals surface area contributed by atoms with Crippen molar-refractivity contribution < 1.29 is 4.79 Å². The van der Waals surface area contributed by atoms with E-state index in [4.69, 9.17) is 0 Å². The van der Waals surface area contributed by atoms with E-state index in [1.54, 1.807) is 18.6 Å². The van der Waals surface area contributed by atoms with Crippen molar-refractivity contribution in [2.45, 2.75) is 26.4 Å². The lowest BCUT2D eigenvalue weighted by molar-refractivity contribution is 0.0965. The highest BCUT2D eigenvalue weighted by molar-refractivity contribution is 5.98. The number of hydrogen-bond donors (Lipinski definition) is 2. The molecule has 4 aromatic rings. The number of imidazole rings is 1. The number of nitrogens with one attached hydrogen (secondary N) is 2. The summed E-state index contributed by atoms with van der Waals surface area (Å²) in [5.41, 5.74) is 5.05. The molecule has 0 radical (unpaired) electrons. The Kier molecular flexibility index (Phi) is 5.29. The Morgan fingerprint density at radius 2 is 1.80 bits per heavy atom. The number of benzene rings is 1. The molecule has 0 atom stereocenters. The number of anilines is 3. The zero-order chi connectivity index (χ0) is 23.9. The molecule has 1 fully saturated rings. The van der Waals surface area contributed by atoms with Gasteiger partial charge in [-0.05, 0) is 31.5 Å². The molecule has 35 heavy (non-hydrogen) atoms. The quantitative estimate of drug-likeness (QED) is 0.460. The third-order valence-electron chi connectivity index (χ3n) is 6.74. The maximum absolute atomic E-state index is 11.9. The first-order valence-corrected chi connectivity index (χ1v) is 11.9. The van der Waals surface area contributed by atoms with Crippen molar-refractivity contribution >= 4 is 29.0 Å². The molecule has 10 nitrogen and oxygen atoms in total. The first kappa shape index (κ1) is 21.5. The van der Waals surface area contributed by atoms with Crippen LogP contribution in [0, 0.1) is 0 Å². The highest BCUT2D eigenvalue weighted by Gasteiger charge is 2.21. The van der Waals surface area contributed by atoms with Gasteiger partial charge in [-0.3, -0.25) is 14.1 Å². The lowest BCUT2D eigenvalue weighted by atomic mass is 10.0. The highest BCUT2D eigenvalue weighted by atomic mass is 16.1. The molecule has 3 aromatic heterocycles. The normalized spacial score (nSPS) is 16.1. The van der Waals surface area contributed by atoms with Gasteiger partial charge in [0.05, 0.1) is 30.0 Å². The van der Waals surface area contributed by atoms with Crippen LogP contribution in [0.2, 0.25) is 0 Å². The number of fused-ring (bicyclic) bond motifs is 2. The molecule has 0 spiro atoms. The Morgan fingerprint density at radius 3 is 2.57 bits per heavy atom. The summed E-state index contributed by atoms with van der Waals surface area (Å²) < 4.78 is 1.99. The predicted octanol–water partition coefficient (Wildman–Crippen LogP) is 2.70. The van der Waals surface area contributed by atoms with E-state index in [1.165, 1.54) is 0 Å². The Balaban J connectivity index is 1.22. The van der Waals surface area contributed by atoms with Crippen molar-refractivity contribution in [3.8, 4) is 11.3 Å². The molecule has 6 rings (SSSR count). The van der Waals surface area contributed by atoms with Crippen LogP contribution in [0.5, 0.6) is 0 Å². The van der Waals surface area contributed by atoms with Gasteiger partial charge in [-0.25, -0.2) is 19.9 Å². The molecule has 5 heterocycles. The minimum atomic E-state index is -0.0249. The first-order chi connectivity index (χ1) is 17.1. The fourth-order valence-corrected chi connectivity index (χ4v) is 4.74. The Bertz CT molecular complexity index is 1390. The number of carbonyl (C=O) groups is 1. The van der Waals surface area contributed by atoms with Crippen molar-refractivity contribution in [3.05, 3.63) is 60.3 Å². The van der Waals surface area contributed by atoms with E-state index in [0.717, 1.165) is 60.2 Å². The number of nitrogens with zero attached hydrogens (tertiary/aromatic N) is 7. The molecular formula is C25H27N9O. The average Bonchev–Trinajstić information content (AvgIpc) is 3.52. The Labute approximate surface area is 203 Å². The van der Waals surface area contributed by atoms with Gasteiger partial charge in [0.15, 0.2) is 11.5 Å². The molecule has 1 aromatic carbocycles. The maximum atomic E-state index is 11.9. The fourth-order valence-electron chi connectivity index (χ4n) is 4.74. The molecule has 0 unspecified atom stereocenters. The fraction of sp³-hybridized carbons (Fsp3) is 0.320. The lowest BCUT2D eigenvalue weighted by Crippen LogP contribution is -2.49. The number of rotatable bonds is 5. The van der Waals surface area contributed by atoms with E-state index in [0.29, 0.717) is 24.1 Å². The van der Waals surface area contributed by atoms with E-state index < -0.39 is 0 Å². The van der Waals surface area contributed by atoms with Gasteiger partial charge in [-0.1, -0.05) is 6.07 Å². The standard InChI is InChI=1S/C25H27N9O/c1-16(2)32-7-9-33(10-8-32)25-29-13-19(14-30-25)31-22-23-26-5-6-34(23)21(15-27-22)17-3-4-20-18(11-17)12-28-24(20)35/h3-6,11,13-16H,7-10,12H2,1-2H3,(H,27,31)(H,28,35). The van der Waals surface area contributed by atoms with E-state index in [9.17, 15) is 4.79 Å². The second-order valence-electron chi connectivity index (χ2n) is 9.18. The topological polar surface area (TPSA) is 104 Å². The number of carbonyl (C=O) groups excluding carboxylic acids is 1. The number of amides is 1. The molecule has 0 bridgehead atoms. The van der Waals surface area contributed by atoms with Gasteiger partial charge in [0.25, 0.3) is 5.91 Å². The Morgan fingerprint density at radius 1 is 1.00 bits per heavy atom. The zero-order valence-corrected chi connectivity index (χ0v) is 19.8. The van der Waals surface area contributed by atoms with Gasteiger partial charge >= 0.3 is 0 Å². The number of hydrogen-bond acceptors (Lipinski definition) is 8. The van der Waals surface area contributed by atoms with Gasteiger partial charge in [-0.2, -0.15) is 0 Å². The minimum Gasteiger partial charge on any atom is -0.348 e. The van der Waals surface area contributed by atoms with Gasteiger partial charge in [0.1, 0.15) is 0 Å². The second kappa shape index (κ2) is 8.62. The average molecular weight is 470 g/mol. The zero-order valence-electron chi connectivity index (χ0n) is 19.8. The third-order valence-corrected chi connectivity index (χ3v) is 6.74. The van der Waals surface area contributed by atoms with Crippen LogP contribution in [-0.2, 0) is 6.54 Å². The predicted molar refractivity (Wildman–Crippen MR) is 134 cm³/mol. The van der Waals surface area contributed by atoms with Gasteiger partial charge in [0.2, 0.25) is 5.95 Å². The van der Waals surface area contributed by atoms with E-state index in [1.807, 2.05) is 35.0 Å². The molecule has 1 saturated heterocycles. The van der Waals surface area contributed by atoms with Crippen molar-refractivity contribution in [1.82, 2.24) is 34.6 Å². The van der Waals surface area contributed by atoms with Gasteiger partial charge in [0, 0.05) is 62.3 Å². The molecule has 2 aliphatic rings. The second-order valence-corrected chi connectivity index (χ2v) is 9.18. The van der Waals surface area contributed by atoms with Crippen molar-refractivity contribution in [2.75, 3.05) is 36.4 Å². The van der Waals surface area contributed by atoms with Crippen molar-refractivity contribution in [2.24, 2.45) is 0 Å². The van der Waals surface area contributed by atoms with Crippen molar-refractivity contribution in [1.29, 1.82) is 0 Å². The maximum Gasteiger partial charge on any atom is 0.251 e. The summed E-state index contributed by atoms with van der Waals surface area (Å²) in [6.45, 7) is 8.90. The van der Waals surface area contributed by atoms with Crippen LogP contribution in [0.1, 0.15) is 29.8 Å².